The number of nitrogens with one attached hydrogen (secondary N) is 1. The van der Waals surface area contributed by atoms with Crippen LogP contribution in [-0.2, 0) is 11.2 Å². The van der Waals surface area contributed by atoms with Gasteiger partial charge in [0.2, 0.25) is 0 Å². The number of carboxylic acid groups (broad SMARTS) is 1. The van der Waals surface area contributed by atoms with Crippen molar-refractivity contribution in [3.05, 3.63) is 29.8 Å². The Morgan fingerprint density at radius 3 is 2.82 bits per heavy atom. The molecule has 1 rings (SSSR count). The molecule has 1 aromatic carbocycles. The molecule has 0 atom stereocenters. The van der Waals surface area contributed by atoms with Gasteiger partial charge in [0.15, 0.2) is 0 Å². The van der Waals surface area contributed by atoms with Gasteiger partial charge >= 0.3 is 12.1 Å². The smallest absolute Gasteiger partial charge is 0.413 e. The van der Waals surface area contributed by atoms with Crippen molar-refractivity contribution in [1.29, 1.82) is 0 Å². The number of ether oxygens (including phenoxy) is 1. The van der Waals surface area contributed by atoms with E-state index >= 15 is 0 Å². The summed E-state index contributed by atoms with van der Waals surface area (Å²) in [6, 6.07) is 7.17. The van der Waals surface area contributed by atoms with Gasteiger partial charge in [0.1, 0.15) is 12.3 Å². The molecule has 2 N–H and O–H groups in total. The normalized spacial score (nSPS) is 9.71. The third kappa shape index (κ3) is 5.01. The maximum Gasteiger partial charge on any atom is 0.413 e. The van der Waals surface area contributed by atoms with E-state index in [1.807, 2.05) is 6.07 Å². The highest BCUT2D eigenvalue weighted by atomic mass is 16.6. The Labute approximate surface area is 99.4 Å². The minimum Gasteiger partial charge on any atom is -0.480 e. The van der Waals surface area contributed by atoms with E-state index in [0.29, 0.717) is 5.75 Å². The standard InChI is InChI=1S/C12H15NO4/c1-2-4-9-5-3-6-10(7-9)17-12(16)13-8-11(14)15/h3,5-7H,2,4,8H2,1H3,(H,13,16)(H,14,15). The van der Waals surface area contributed by atoms with Crippen LogP contribution in [-0.4, -0.2) is 23.7 Å². The van der Waals surface area contributed by atoms with Crippen LogP contribution < -0.4 is 10.1 Å². The van der Waals surface area contributed by atoms with Crippen LogP contribution in [0.4, 0.5) is 4.79 Å². The Balaban J connectivity index is 2.52. The van der Waals surface area contributed by atoms with Gasteiger partial charge < -0.3 is 15.2 Å². The minimum absolute atomic E-state index is 0.416. The zero-order valence-corrected chi connectivity index (χ0v) is 9.60. The van der Waals surface area contributed by atoms with Crippen LogP contribution in [0.1, 0.15) is 18.9 Å². The van der Waals surface area contributed by atoms with Crippen LogP contribution in [0.2, 0.25) is 0 Å². The largest absolute Gasteiger partial charge is 0.480 e. The SMILES string of the molecule is CCCc1cccc(OC(=O)NCC(=O)O)c1. The Hall–Kier alpha value is -2.04. The zero-order valence-electron chi connectivity index (χ0n) is 9.60. The van der Waals surface area contributed by atoms with Crippen molar-refractivity contribution in [1.82, 2.24) is 5.32 Å². The van der Waals surface area contributed by atoms with E-state index in [1.165, 1.54) is 0 Å². The number of carboxylic acids is 1. The minimum atomic E-state index is -1.11. The number of amides is 1. The van der Waals surface area contributed by atoms with E-state index < -0.39 is 18.6 Å². The molecule has 1 amide bonds. The quantitative estimate of drug-likeness (QED) is 0.818. The molecule has 92 valence electrons. The number of carbonyl (C=O) groups is 2. The topological polar surface area (TPSA) is 75.6 Å². The van der Waals surface area contributed by atoms with Gasteiger partial charge in [0.25, 0.3) is 0 Å². The molecule has 1 aromatic rings. The monoisotopic (exact) mass is 237 g/mol. The first-order valence-corrected chi connectivity index (χ1v) is 5.38. The van der Waals surface area contributed by atoms with Crippen molar-refractivity contribution in [2.75, 3.05) is 6.54 Å². The Bertz CT molecular complexity index is 403. The first-order valence-electron chi connectivity index (χ1n) is 5.38. The lowest BCUT2D eigenvalue weighted by Gasteiger charge is -2.06. The van der Waals surface area contributed by atoms with Gasteiger partial charge in [-0.25, -0.2) is 4.79 Å². The number of aryl methyl sites for hydroxylation is 1. The molecule has 5 nitrogen and oxygen atoms in total. The maximum atomic E-state index is 11.2. The van der Waals surface area contributed by atoms with Gasteiger partial charge in [-0.3, -0.25) is 4.79 Å². The van der Waals surface area contributed by atoms with Crippen LogP contribution in [0.15, 0.2) is 24.3 Å². The van der Waals surface area contributed by atoms with Gasteiger partial charge in [-0.05, 0) is 24.1 Å². The fourth-order valence-electron chi connectivity index (χ4n) is 1.34. The average molecular weight is 237 g/mol. The molecular weight excluding hydrogens is 222 g/mol. The van der Waals surface area contributed by atoms with E-state index in [0.717, 1.165) is 18.4 Å². The van der Waals surface area contributed by atoms with Crippen LogP contribution in [0.5, 0.6) is 5.75 Å². The second kappa shape index (κ2) is 6.52. The summed E-state index contributed by atoms with van der Waals surface area (Å²) in [5, 5.41) is 10.5. The van der Waals surface area contributed by atoms with Crippen LogP contribution in [0.3, 0.4) is 0 Å². The molecule has 0 bridgehead atoms. The molecule has 0 aromatic heterocycles. The summed E-state index contributed by atoms with van der Waals surface area (Å²) in [6.07, 6.45) is 1.16. The highest BCUT2D eigenvalue weighted by molar-refractivity contribution is 5.77. The predicted molar refractivity (Wildman–Crippen MR) is 62.1 cm³/mol. The highest BCUT2D eigenvalue weighted by Gasteiger charge is 2.06. The van der Waals surface area contributed by atoms with E-state index in [-0.39, 0.29) is 0 Å². The predicted octanol–water partition coefficient (Wildman–Crippen LogP) is 1.81. The number of aliphatic carboxylic acids is 1. The maximum absolute atomic E-state index is 11.2. The fourth-order valence-corrected chi connectivity index (χ4v) is 1.34. The number of hydrogen-bond donors (Lipinski definition) is 2. The molecule has 0 radical (unpaired) electrons. The summed E-state index contributed by atoms with van der Waals surface area (Å²) < 4.78 is 4.94. The molecule has 0 aliphatic heterocycles. The van der Waals surface area contributed by atoms with Crippen molar-refractivity contribution >= 4 is 12.1 Å². The van der Waals surface area contributed by atoms with E-state index in [2.05, 4.69) is 12.2 Å². The third-order valence-corrected chi connectivity index (χ3v) is 2.03. The Morgan fingerprint density at radius 1 is 1.41 bits per heavy atom. The van der Waals surface area contributed by atoms with Crippen molar-refractivity contribution in [3.63, 3.8) is 0 Å². The molecule has 0 heterocycles. The molecule has 0 unspecified atom stereocenters. The zero-order chi connectivity index (χ0) is 12.7. The van der Waals surface area contributed by atoms with Crippen molar-refractivity contribution < 1.29 is 19.4 Å². The average Bonchev–Trinajstić information content (AvgIpc) is 2.27. The summed E-state index contributed by atoms with van der Waals surface area (Å²) in [5.74, 6) is -0.694. The molecule has 0 fully saturated rings. The second-order valence-corrected chi connectivity index (χ2v) is 3.53. The van der Waals surface area contributed by atoms with Gasteiger partial charge in [0.05, 0.1) is 0 Å². The van der Waals surface area contributed by atoms with Crippen molar-refractivity contribution in [3.8, 4) is 5.75 Å². The van der Waals surface area contributed by atoms with Crippen LogP contribution in [0.25, 0.3) is 0 Å². The van der Waals surface area contributed by atoms with E-state index in [9.17, 15) is 9.59 Å². The first kappa shape index (κ1) is 13.0. The molecule has 0 aliphatic carbocycles. The Kier molecular flexibility index (Phi) is 5.00. The summed E-state index contributed by atoms with van der Waals surface area (Å²) in [5.41, 5.74) is 1.08. The van der Waals surface area contributed by atoms with E-state index in [1.54, 1.807) is 18.2 Å². The number of benzene rings is 1. The van der Waals surface area contributed by atoms with E-state index in [4.69, 9.17) is 9.84 Å². The molecule has 0 spiro atoms. The van der Waals surface area contributed by atoms with Gasteiger partial charge in [-0.2, -0.15) is 0 Å². The Morgan fingerprint density at radius 2 is 2.18 bits per heavy atom. The fraction of sp³-hybridized carbons (Fsp3) is 0.333. The summed E-state index contributed by atoms with van der Waals surface area (Å²) in [6.45, 7) is 1.61. The number of hydrogen-bond acceptors (Lipinski definition) is 3. The molecule has 0 aliphatic rings. The van der Waals surface area contributed by atoms with Crippen LogP contribution in [0, 0.1) is 0 Å². The molecular formula is C12H15NO4. The third-order valence-electron chi connectivity index (χ3n) is 2.03. The molecule has 0 saturated carbocycles. The summed E-state index contributed by atoms with van der Waals surface area (Å²) in [7, 11) is 0. The lowest BCUT2D eigenvalue weighted by atomic mass is 10.1. The van der Waals surface area contributed by atoms with Gasteiger partial charge in [0, 0.05) is 0 Å². The second-order valence-electron chi connectivity index (χ2n) is 3.53. The number of carbonyl (C=O) groups excluding carboxylic acids is 1. The van der Waals surface area contributed by atoms with Gasteiger partial charge in [-0.15, -0.1) is 0 Å². The van der Waals surface area contributed by atoms with Crippen molar-refractivity contribution in [2.45, 2.75) is 19.8 Å². The summed E-state index contributed by atoms with van der Waals surface area (Å²) in [4.78, 5) is 21.4. The molecule has 5 heteroatoms. The van der Waals surface area contributed by atoms with Gasteiger partial charge in [-0.1, -0.05) is 25.5 Å². The molecule has 0 saturated heterocycles. The summed E-state index contributed by atoms with van der Waals surface area (Å²) >= 11 is 0. The highest BCUT2D eigenvalue weighted by Crippen LogP contribution is 2.14. The lowest BCUT2D eigenvalue weighted by Crippen LogP contribution is -2.31. The first-order chi connectivity index (χ1) is 8.11. The van der Waals surface area contributed by atoms with Crippen LogP contribution >= 0.6 is 0 Å². The lowest BCUT2D eigenvalue weighted by molar-refractivity contribution is -0.135. The number of rotatable bonds is 5. The van der Waals surface area contributed by atoms with Crippen molar-refractivity contribution in [2.24, 2.45) is 0 Å². The molecule has 17 heavy (non-hydrogen) atoms.